The van der Waals surface area contributed by atoms with Gasteiger partial charge in [-0.3, -0.25) is 0 Å². The lowest BCUT2D eigenvalue weighted by molar-refractivity contribution is 0.113. The third-order valence-electron chi connectivity index (χ3n) is 1.75. The van der Waals surface area contributed by atoms with Crippen molar-refractivity contribution in [1.29, 1.82) is 0 Å². The number of hydrogen-bond acceptors (Lipinski definition) is 3. The molecule has 1 N–H and O–H groups in total. The van der Waals surface area contributed by atoms with Gasteiger partial charge in [0.2, 0.25) is 0 Å². The van der Waals surface area contributed by atoms with Gasteiger partial charge in [-0.25, -0.2) is 0 Å². The van der Waals surface area contributed by atoms with Gasteiger partial charge in [0.05, 0.1) is 6.61 Å². The van der Waals surface area contributed by atoms with E-state index < -0.39 is 0 Å². The third kappa shape index (κ3) is 6.95. The number of rotatable bonds is 8. The Morgan fingerprint density at radius 2 is 2.25 bits per heavy atom. The molecule has 0 aromatic heterocycles. The van der Waals surface area contributed by atoms with Crippen molar-refractivity contribution < 1.29 is 4.74 Å². The third-order valence-corrected chi connectivity index (χ3v) is 2.39. The number of thioether (sulfide) groups is 1. The highest BCUT2D eigenvalue weighted by Gasteiger charge is 2.04. The quantitative estimate of drug-likeness (QED) is 0.591. The summed E-state index contributed by atoms with van der Waals surface area (Å²) < 4.78 is 5.46. The second-order valence-corrected chi connectivity index (χ2v) is 3.83. The number of likely N-dealkylation sites (N-methyl/N-ethyl adjacent to an activating group) is 1. The number of hydrogen-bond donors (Lipinski definition) is 1. The first-order chi connectivity index (χ1) is 5.85. The molecule has 0 heterocycles. The van der Waals surface area contributed by atoms with Gasteiger partial charge < -0.3 is 10.1 Å². The molecule has 12 heavy (non-hydrogen) atoms. The summed E-state index contributed by atoms with van der Waals surface area (Å²) in [5.41, 5.74) is 0. The van der Waals surface area contributed by atoms with Gasteiger partial charge in [-0.15, -0.1) is 0 Å². The van der Waals surface area contributed by atoms with Gasteiger partial charge >= 0.3 is 0 Å². The van der Waals surface area contributed by atoms with E-state index >= 15 is 0 Å². The van der Waals surface area contributed by atoms with E-state index in [1.807, 2.05) is 18.8 Å². The van der Waals surface area contributed by atoms with Crippen LogP contribution in [-0.2, 0) is 4.74 Å². The van der Waals surface area contributed by atoms with Gasteiger partial charge in [0.15, 0.2) is 0 Å². The number of ether oxygens (including phenoxy) is 1. The van der Waals surface area contributed by atoms with Crippen LogP contribution in [0, 0.1) is 0 Å². The lowest BCUT2D eigenvalue weighted by Gasteiger charge is -2.15. The second kappa shape index (κ2) is 9.36. The van der Waals surface area contributed by atoms with Gasteiger partial charge in [-0.05, 0) is 31.9 Å². The van der Waals surface area contributed by atoms with E-state index in [-0.39, 0.29) is 0 Å². The molecule has 0 bridgehead atoms. The molecular weight excluding hydrogens is 170 g/mol. The molecule has 0 aliphatic rings. The van der Waals surface area contributed by atoms with Crippen molar-refractivity contribution in [3.63, 3.8) is 0 Å². The molecule has 0 aromatic carbocycles. The van der Waals surface area contributed by atoms with Crippen molar-refractivity contribution in [1.82, 2.24) is 5.32 Å². The van der Waals surface area contributed by atoms with Crippen LogP contribution in [0.2, 0.25) is 0 Å². The molecule has 0 aliphatic heterocycles. The maximum absolute atomic E-state index is 5.46. The molecule has 0 radical (unpaired) electrons. The summed E-state index contributed by atoms with van der Waals surface area (Å²) in [5.74, 6) is 1.21. The van der Waals surface area contributed by atoms with Crippen LogP contribution in [0.25, 0.3) is 0 Å². The fourth-order valence-electron chi connectivity index (χ4n) is 0.941. The largest absolute Gasteiger partial charge is 0.380 e. The van der Waals surface area contributed by atoms with Gasteiger partial charge in [0.1, 0.15) is 0 Å². The lowest BCUT2D eigenvalue weighted by atomic mass is 10.2. The Kier molecular flexibility index (Phi) is 9.57. The summed E-state index contributed by atoms with van der Waals surface area (Å²) in [5, 5.41) is 3.26. The second-order valence-electron chi connectivity index (χ2n) is 2.84. The maximum atomic E-state index is 5.46. The van der Waals surface area contributed by atoms with Gasteiger partial charge in [-0.1, -0.05) is 6.92 Å². The normalized spacial score (nSPS) is 13.2. The zero-order chi connectivity index (χ0) is 9.23. The minimum atomic E-state index is 0.531. The minimum absolute atomic E-state index is 0.531. The molecule has 0 amide bonds. The summed E-state index contributed by atoms with van der Waals surface area (Å²) in [4.78, 5) is 0. The number of nitrogens with one attached hydrogen (secondary N) is 1. The fourth-order valence-corrected chi connectivity index (χ4v) is 1.46. The van der Waals surface area contributed by atoms with Crippen LogP contribution in [0.15, 0.2) is 0 Å². The Hall–Kier alpha value is 0.270. The van der Waals surface area contributed by atoms with E-state index in [0.717, 1.165) is 19.6 Å². The Balaban J connectivity index is 3.26. The first-order valence-electron chi connectivity index (χ1n) is 4.59. The molecule has 1 atom stereocenters. The van der Waals surface area contributed by atoms with Gasteiger partial charge in [-0.2, -0.15) is 11.8 Å². The van der Waals surface area contributed by atoms with Crippen molar-refractivity contribution in [2.75, 3.05) is 32.3 Å². The molecule has 3 heteroatoms. The van der Waals surface area contributed by atoms with E-state index in [1.54, 1.807) is 0 Å². The van der Waals surface area contributed by atoms with Crippen molar-refractivity contribution in [3.05, 3.63) is 0 Å². The van der Waals surface area contributed by atoms with E-state index in [4.69, 9.17) is 4.74 Å². The summed E-state index contributed by atoms with van der Waals surface area (Å²) in [6, 6.07) is 0.531. The fraction of sp³-hybridized carbons (Fsp3) is 1.00. The molecule has 0 fully saturated rings. The first kappa shape index (κ1) is 12.3. The molecule has 1 unspecified atom stereocenters. The van der Waals surface area contributed by atoms with Crippen LogP contribution in [0.1, 0.15) is 19.8 Å². The van der Waals surface area contributed by atoms with Gasteiger partial charge in [0, 0.05) is 12.6 Å². The predicted molar refractivity (Wildman–Crippen MR) is 57.0 cm³/mol. The average molecular weight is 191 g/mol. The predicted octanol–water partition coefficient (Wildman–Crippen LogP) is 1.75. The van der Waals surface area contributed by atoms with Crippen molar-refractivity contribution in [2.45, 2.75) is 25.8 Å². The molecule has 2 nitrogen and oxygen atoms in total. The molecular formula is C9H21NOS. The Morgan fingerprint density at radius 3 is 2.75 bits per heavy atom. The topological polar surface area (TPSA) is 21.3 Å². The standard InChI is InChI=1S/C9H21NOS/c1-4-6-11-8-9(10-2)5-7-12-3/h9-10H,4-8H2,1-3H3. The first-order valence-corrected chi connectivity index (χ1v) is 5.98. The highest BCUT2D eigenvalue weighted by Crippen LogP contribution is 2.00. The van der Waals surface area contributed by atoms with Crippen LogP contribution in [0.3, 0.4) is 0 Å². The Bertz CT molecular complexity index is 90.6. The summed E-state index contributed by atoms with van der Waals surface area (Å²) in [6.07, 6.45) is 4.44. The Labute approximate surface area is 80.4 Å². The molecule has 74 valence electrons. The Morgan fingerprint density at radius 1 is 1.50 bits per heavy atom. The van der Waals surface area contributed by atoms with E-state index in [1.165, 1.54) is 12.2 Å². The zero-order valence-electron chi connectivity index (χ0n) is 8.43. The van der Waals surface area contributed by atoms with Crippen LogP contribution < -0.4 is 5.32 Å². The highest BCUT2D eigenvalue weighted by molar-refractivity contribution is 7.98. The molecule has 0 aliphatic carbocycles. The molecule has 0 spiro atoms. The van der Waals surface area contributed by atoms with Crippen molar-refractivity contribution in [3.8, 4) is 0 Å². The smallest absolute Gasteiger partial charge is 0.0619 e. The molecule has 0 saturated carbocycles. The van der Waals surface area contributed by atoms with E-state index in [0.29, 0.717) is 6.04 Å². The summed E-state index contributed by atoms with van der Waals surface area (Å²) in [6.45, 7) is 3.87. The highest BCUT2D eigenvalue weighted by atomic mass is 32.2. The van der Waals surface area contributed by atoms with Crippen molar-refractivity contribution in [2.24, 2.45) is 0 Å². The van der Waals surface area contributed by atoms with Crippen LogP contribution in [-0.4, -0.2) is 38.3 Å². The lowest BCUT2D eigenvalue weighted by Crippen LogP contribution is -2.31. The minimum Gasteiger partial charge on any atom is -0.380 e. The zero-order valence-corrected chi connectivity index (χ0v) is 9.25. The molecule has 0 rings (SSSR count). The van der Waals surface area contributed by atoms with E-state index in [9.17, 15) is 0 Å². The van der Waals surface area contributed by atoms with Crippen LogP contribution >= 0.6 is 11.8 Å². The summed E-state index contributed by atoms with van der Waals surface area (Å²) in [7, 11) is 2.00. The molecule has 0 saturated heterocycles. The average Bonchev–Trinajstić information content (AvgIpc) is 2.11. The van der Waals surface area contributed by atoms with Crippen molar-refractivity contribution >= 4 is 11.8 Å². The molecule has 0 aromatic rings. The van der Waals surface area contributed by atoms with Crippen LogP contribution in [0.5, 0.6) is 0 Å². The van der Waals surface area contributed by atoms with Gasteiger partial charge in [0.25, 0.3) is 0 Å². The summed E-state index contributed by atoms with van der Waals surface area (Å²) >= 11 is 1.89. The van der Waals surface area contributed by atoms with Crippen LogP contribution in [0.4, 0.5) is 0 Å². The SMILES string of the molecule is CCCOCC(CCSC)NC. The maximum Gasteiger partial charge on any atom is 0.0619 e. The van der Waals surface area contributed by atoms with E-state index in [2.05, 4.69) is 18.5 Å². The monoisotopic (exact) mass is 191 g/mol.